The minimum absolute atomic E-state index is 0.0195. The minimum atomic E-state index is -0.194. The van der Waals surface area contributed by atoms with Crippen LogP contribution < -0.4 is 5.32 Å². The van der Waals surface area contributed by atoms with Gasteiger partial charge in [0.2, 0.25) is 0 Å². The van der Waals surface area contributed by atoms with Crippen LogP contribution in [0, 0.1) is 6.92 Å². The number of rotatable bonds is 6. The van der Waals surface area contributed by atoms with E-state index in [4.69, 9.17) is 9.84 Å². The molecule has 7 heteroatoms. The van der Waals surface area contributed by atoms with Crippen molar-refractivity contribution in [1.29, 1.82) is 0 Å². The van der Waals surface area contributed by atoms with E-state index < -0.39 is 0 Å². The van der Waals surface area contributed by atoms with Crippen molar-refractivity contribution >= 4 is 27.5 Å². The van der Waals surface area contributed by atoms with Crippen molar-refractivity contribution in [2.45, 2.75) is 6.92 Å². The lowest BCUT2D eigenvalue weighted by Gasteiger charge is -2.06. The fourth-order valence-corrected chi connectivity index (χ4v) is 2.23. The molecule has 0 aliphatic carbocycles. The Morgan fingerprint density at radius 2 is 2.30 bits per heavy atom. The molecule has 0 unspecified atom stereocenters. The number of pyridine rings is 1. The molecule has 1 amide bonds. The number of carbonyl (C=O) groups excluding carboxylic acids is 1. The standard InChI is InChI=1S/C13H16BrN3O3/c1-9-12(13(19)15-4-6-20-7-5-18)17-8-10(14)2-3-11(17)16-9/h2-3,8,18H,4-7H2,1H3,(H,15,19). The number of aryl methyl sites for hydroxylation is 1. The average molecular weight is 342 g/mol. The molecular weight excluding hydrogens is 326 g/mol. The van der Waals surface area contributed by atoms with Gasteiger partial charge in [0.05, 0.1) is 25.5 Å². The van der Waals surface area contributed by atoms with Crippen LogP contribution in [0.15, 0.2) is 22.8 Å². The number of hydrogen-bond donors (Lipinski definition) is 2. The molecule has 0 bridgehead atoms. The van der Waals surface area contributed by atoms with Crippen LogP contribution in [-0.4, -0.2) is 46.8 Å². The van der Waals surface area contributed by atoms with Gasteiger partial charge in [0.25, 0.3) is 5.91 Å². The summed E-state index contributed by atoms with van der Waals surface area (Å²) in [6.07, 6.45) is 1.81. The molecule has 0 saturated heterocycles. The number of nitrogens with one attached hydrogen (secondary N) is 1. The largest absolute Gasteiger partial charge is 0.394 e. The molecule has 20 heavy (non-hydrogen) atoms. The maximum Gasteiger partial charge on any atom is 0.270 e. The van der Waals surface area contributed by atoms with Gasteiger partial charge in [-0.2, -0.15) is 0 Å². The molecule has 2 rings (SSSR count). The number of amides is 1. The van der Waals surface area contributed by atoms with E-state index in [0.717, 1.165) is 10.1 Å². The van der Waals surface area contributed by atoms with Crippen molar-refractivity contribution in [2.75, 3.05) is 26.4 Å². The Bertz CT molecular complexity index is 612. The molecular formula is C13H16BrN3O3. The molecule has 0 saturated carbocycles. The first-order chi connectivity index (χ1) is 9.63. The number of ether oxygens (including phenoxy) is 1. The summed E-state index contributed by atoms with van der Waals surface area (Å²) in [5.41, 5.74) is 1.92. The Morgan fingerprint density at radius 3 is 3.05 bits per heavy atom. The van der Waals surface area contributed by atoms with Crippen molar-refractivity contribution in [3.05, 3.63) is 34.2 Å². The highest BCUT2D eigenvalue weighted by atomic mass is 79.9. The lowest BCUT2D eigenvalue weighted by molar-refractivity contribution is 0.0834. The molecule has 0 atom stereocenters. The van der Waals surface area contributed by atoms with E-state index in [-0.39, 0.29) is 19.1 Å². The van der Waals surface area contributed by atoms with Crippen LogP contribution in [0.5, 0.6) is 0 Å². The highest BCUT2D eigenvalue weighted by Crippen LogP contribution is 2.16. The van der Waals surface area contributed by atoms with Gasteiger partial charge in [0.15, 0.2) is 0 Å². The van der Waals surface area contributed by atoms with Gasteiger partial charge < -0.3 is 15.2 Å². The number of fused-ring (bicyclic) bond motifs is 1. The second-order valence-electron chi connectivity index (χ2n) is 4.21. The van der Waals surface area contributed by atoms with E-state index in [1.165, 1.54) is 0 Å². The summed E-state index contributed by atoms with van der Waals surface area (Å²) in [5.74, 6) is -0.194. The highest BCUT2D eigenvalue weighted by Gasteiger charge is 2.16. The molecule has 2 aromatic heterocycles. The van der Waals surface area contributed by atoms with E-state index in [1.54, 1.807) is 11.3 Å². The number of aliphatic hydroxyl groups is 1. The average Bonchev–Trinajstić information content (AvgIpc) is 2.73. The van der Waals surface area contributed by atoms with Gasteiger partial charge in [-0.1, -0.05) is 0 Å². The Labute approximate surface area is 124 Å². The summed E-state index contributed by atoms with van der Waals surface area (Å²) >= 11 is 3.38. The van der Waals surface area contributed by atoms with Crippen molar-refractivity contribution < 1.29 is 14.6 Å². The lowest BCUT2D eigenvalue weighted by atomic mass is 10.3. The first-order valence-electron chi connectivity index (χ1n) is 6.24. The van der Waals surface area contributed by atoms with Crippen LogP contribution in [0.25, 0.3) is 5.65 Å². The zero-order chi connectivity index (χ0) is 14.5. The number of aliphatic hydroxyl groups excluding tert-OH is 1. The summed E-state index contributed by atoms with van der Waals surface area (Å²) in [6.45, 7) is 2.81. The van der Waals surface area contributed by atoms with Crippen molar-refractivity contribution in [2.24, 2.45) is 0 Å². The van der Waals surface area contributed by atoms with Gasteiger partial charge in [-0.05, 0) is 35.0 Å². The summed E-state index contributed by atoms with van der Waals surface area (Å²) in [7, 11) is 0. The van der Waals surface area contributed by atoms with Crippen LogP contribution in [0.1, 0.15) is 16.2 Å². The molecule has 108 valence electrons. The first-order valence-corrected chi connectivity index (χ1v) is 7.04. The zero-order valence-electron chi connectivity index (χ0n) is 11.1. The third kappa shape index (κ3) is 3.36. The van der Waals surface area contributed by atoms with Gasteiger partial charge in [0.1, 0.15) is 11.3 Å². The summed E-state index contributed by atoms with van der Waals surface area (Å²) in [4.78, 5) is 16.5. The molecule has 0 aromatic carbocycles. The van der Waals surface area contributed by atoms with Gasteiger partial charge in [-0.15, -0.1) is 0 Å². The predicted molar refractivity (Wildman–Crippen MR) is 77.9 cm³/mol. The third-order valence-electron chi connectivity index (χ3n) is 2.74. The SMILES string of the molecule is Cc1nc2ccc(Br)cn2c1C(=O)NCCOCCO. The molecule has 2 N–H and O–H groups in total. The molecule has 0 aliphatic heterocycles. The number of carbonyl (C=O) groups is 1. The van der Waals surface area contributed by atoms with Crippen LogP contribution >= 0.6 is 15.9 Å². The van der Waals surface area contributed by atoms with Crippen molar-refractivity contribution in [3.63, 3.8) is 0 Å². The molecule has 0 spiro atoms. The Balaban J connectivity index is 2.09. The minimum Gasteiger partial charge on any atom is -0.394 e. The van der Waals surface area contributed by atoms with Gasteiger partial charge in [0, 0.05) is 17.2 Å². The highest BCUT2D eigenvalue weighted by molar-refractivity contribution is 9.10. The second kappa shape index (κ2) is 6.83. The monoisotopic (exact) mass is 341 g/mol. The Hall–Kier alpha value is -1.44. The molecule has 0 radical (unpaired) electrons. The topological polar surface area (TPSA) is 75.9 Å². The van der Waals surface area contributed by atoms with Crippen molar-refractivity contribution in [1.82, 2.24) is 14.7 Å². The third-order valence-corrected chi connectivity index (χ3v) is 3.21. The fraction of sp³-hybridized carbons (Fsp3) is 0.385. The summed E-state index contributed by atoms with van der Waals surface area (Å²) in [5, 5.41) is 11.4. The van der Waals surface area contributed by atoms with E-state index in [0.29, 0.717) is 24.5 Å². The molecule has 2 aromatic rings. The predicted octanol–water partition coefficient (Wildman–Crippen LogP) is 1.14. The van der Waals surface area contributed by atoms with Crippen LogP contribution in [0.2, 0.25) is 0 Å². The molecule has 6 nitrogen and oxygen atoms in total. The second-order valence-corrected chi connectivity index (χ2v) is 5.13. The number of hydrogen-bond acceptors (Lipinski definition) is 4. The maximum atomic E-state index is 12.2. The summed E-state index contributed by atoms with van der Waals surface area (Å²) < 4.78 is 7.72. The fourth-order valence-electron chi connectivity index (χ4n) is 1.90. The summed E-state index contributed by atoms with van der Waals surface area (Å²) in [6, 6.07) is 3.73. The molecule has 0 fully saturated rings. The van der Waals surface area contributed by atoms with E-state index in [1.807, 2.05) is 18.3 Å². The van der Waals surface area contributed by atoms with E-state index in [2.05, 4.69) is 26.2 Å². The van der Waals surface area contributed by atoms with Gasteiger partial charge in [-0.25, -0.2) is 4.98 Å². The zero-order valence-corrected chi connectivity index (χ0v) is 12.7. The Kier molecular flexibility index (Phi) is 5.11. The normalized spacial score (nSPS) is 10.9. The number of halogens is 1. The van der Waals surface area contributed by atoms with Gasteiger partial charge >= 0.3 is 0 Å². The maximum absolute atomic E-state index is 12.2. The van der Waals surface area contributed by atoms with Crippen molar-refractivity contribution in [3.8, 4) is 0 Å². The van der Waals surface area contributed by atoms with E-state index in [9.17, 15) is 4.79 Å². The van der Waals surface area contributed by atoms with Crippen LogP contribution in [0.4, 0.5) is 0 Å². The first kappa shape index (κ1) is 15.0. The quantitative estimate of drug-likeness (QED) is 0.772. The smallest absolute Gasteiger partial charge is 0.270 e. The number of aromatic nitrogens is 2. The molecule has 2 heterocycles. The number of nitrogens with zero attached hydrogens (tertiary/aromatic N) is 2. The van der Waals surface area contributed by atoms with Crippen LogP contribution in [0.3, 0.4) is 0 Å². The van der Waals surface area contributed by atoms with Gasteiger partial charge in [-0.3, -0.25) is 9.20 Å². The molecule has 0 aliphatic rings. The van der Waals surface area contributed by atoms with E-state index >= 15 is 0 Å². The number of imidazole rings is 1. The van der Waals surface area contributed by atoms with Crippen LogP contribution in [-0.2, 0) is 4.74 Å². The lowest BCUT2D eigenvalue weighted by Crippen LogP contribution is -2.29. The Morgan fingerprint density at radius 1 is 1.50 bits per heavy atom.